The van der Waals surface area contributed by atoms with E-state index < -0.39 is 6.10 Å². The Bertz CT molecular complexity index is 582. The maximum absolute atomic E-state index is 10.3. The third kappa shape index (κ3) is 3.20. The van der Waals surface area contributed by atoms with Gasteiger partial charge >= 0.3 is 0 Å². The summed E-state index contributed by atoms with van der Waals surface area (Å²) in [5.74, 6) is 0.872. The van der Waals surface area contributed by atoms with E-state index in [-0.39, 0.29) is 6.61 Å². The van der Waals surface area contributed by atoms with Gasteiger partial charge in [0.2, 0.25) is 0 Å². The predicted octanol–water partition coefficient (Wildman–Crippen LogP) is 4.03. The topological polar surface area (TPSA) is 29.5 Å². The van der Waals surface area contributed by atoms with Gasteiger partial charge in [0.25, 0.3) is 0 Å². The van der Waals surface area contributed by atoms with E-state index in [4.69, 9.17) is 4.74 Å². The predicted molar refractivity (Wildman–Crippen MR) is 82.3 cm³/mol. The van der Waals surface area contributed by atoms with Gasteiger partial charge < -0.3 is 9.84 Å². The van der Waals surface area contributed by atoms with Crippen molar-refractivity contribution < 1.29 is 9.84 Å². The van der Waals surface area contributed by atoms with Gasteiger partial charge in [0.15, 0.2) is 0 Å². The molecule has 106 valence electrons. The molecule has 0 aliphatic rings. The number of aliphatic hydroxyl groups excluding tert-OH is 1. The number of aryl methyl sites for hydroxylation is 4. The first-order valence-electron chi connectivity index (χ1n) is 6.93. The second kappa shape index (κ2) is 6.10. The van der Waals surface area contributed by atoms with Crippen molar-refractivity contribution in [3.05, 3.63) is 64.2 Å². The van der Waals surface area contributed by atoms with Crippen molar-refractivity contribution in [3.63, 3.8) is 0 Å². The molecule has 0 amide bonds. The van der Waals surface area contributed by atoms with Crippen LogP contribution in [0.3, 0.4) is 0 Å². The smallest absolute Gasteiger partial charge is 0.125 e. The molecule has 1 unspecified atom stereocenters. The zero-order valence-corrected chi connectivity index (χ0v) is 12.6. The van der Waals surface area contributed by atoms with Gasteiger partial charge in [-0.1, -0.05) is 42.0 Å². The SMILES string of the molecule is Cc1ccc(C)c(C(O)COc2c(C)cccc2C)c1. The maximum atomic E-state index is 10.3. The van der Waals surface area contributed by atoms with Crippen molar-refractivity contribution in [2.24, 2.45) is 0 Å². The first-order chi connectivity index (χ1) is 9.49. The van der Waals surface area contributed by atoms with Crippen molar-refractivity contribution in [3.8, 4) is 5.75 Å². The highest BCUT2D eigenvalue weighted by atomic mass is 16.5. The molecule has 1 N–H and O–H groups in total. The molecular weight excluding hydrogens is 248 g/mol. The normalized spacial score (nSPS) is 12.2. The van der Waals surface area contributed by atoms with Crippen molar-refractivity contribution >= 4 is 0 Å². The third-order valence-electron chi connectivity index (χ3n) is 3.59. The molecule has 0 heterocycles. The minimum atomic E-state index is -0.603. The summed E-state index contributed by atoms with van der Waals surface area (Å²) in [6, 6.07) is 12.2. The molecule has 0 aliphatic heterocycles. The molecule has 2 heteroatoms. The van der Waals surface area contributed by atoms with Crippen LogP contribution in [0.25, 0.3) is 0 Å². The molecule has 2 nitrogen and oxygen atoms in total. The van der Waals surface area contributed by atoms with Gasteiger partial charge in [-0.25, -0.2) is 0 Å². The van der Waals surface area contributed by atoms with Crippen LogP contribution in [0.2, 0.25) is 0 Å². The lowest BCUT2D eigenvalue weighted by Crippen LogP contribution is -2.12. The summed E-state index contributed by atoms with van der Waals surface area (Å²) < 4.78 is 5.83. The van der Waals surface area contributed by atoms with E-state index in [1.807, 2.05) is 58.0 Å². The van der Waals surface area contributed by atoms with Crippen LogP contribution in [0, 0.1) is 27.7 Å². The van der Waals surface area contributed by atoms with Crippen LogP contribution in [0.4, 0.5) is 0 Å². The molecule has 0 aliphatic carbocycles. The van der Waals surface area contributed by atoms with Crippen molar-refractivity contribution in [2.45, 2.75) is 33.8 Å². The fraction of sp³-hybridized carbons (Fsp3) is 0.333. The summed E-state index contributed by atoms with van der Waals surface area (Å²) in [7, 11) is 0. The van der Waals surface area contributed by atoms with Gasteiger partial charge in [0, 0.05) is 0 Å². The van der Waals surface area contributed by atoms with Gasteiger partial charge in [-0.15, -0.1) is 0 Å². The minimum absolute atomic E-state index is 0.274. The highest BCUT2D eigenvalue weighted by Crippen LogP contribution is 2.25. The number of benzene rings is 2. The summed E-state index contributed by atoms with van der Waals surface area (Å²) in [4.78, 5) is 0. The molecule has 0 aromatic heterocycles. The number of hydrogen-bond donors (Lipinski definition) is 1. The second-order valence-electron chi connectivity index (χ2n) is 5.41. The number of rotatable bonds is 4. The number of aliphatic hydroxyl groups is 1. The van der Waals surface area contributed by atoms with Gasteiger partial charge in [0.05, 0.1) is 0 Å². The van der Waals surface area contributed by atoms with Crippen LogP contribution >= 0.6 is 0 Å². The van der Waals surface area contributed by atoms with E-state index in [1.54, 1.807) is 0 Å². The first-order valence-corrected chi connectivity index (χ1v) is 6.93. The minimum Gasteiger partial charge on any atom is -0.490 e. The van der Waals surface area contributed by atoms with Crippen LogP contribution in [0.15, 0.2) is 36.4 Å². The molecule has 0 saturated heterocycles. The lowest BCUT2D eigenvalue weighted by atomic mass is 10.0. The average Bonchev–Trinajstić information content (AvgIpc) is 2.40. The Hall–Kier alpha value is -1.80. The quantitative estimate of drug-likeness (QED) is 0.908. The third-order valence-corrected chi connectivity index (χ3v) is 3.59. The van der Waals surface area contributed by atoms with Crippen molar-refractivity contribution in [1.82, 2.24) is 0 Å². The Morgan fingerprint density at radius 3 is 2.25 bits per heavy atom. The summed E-state index contributed by atoms with van der Waals surface area (Å²) in [6.07, 6.45) is -0.603. The fourth-order valence-electron chi connectivity index (χ4n) is 2.40. The molecule has 0 fully saturated rings. The molecule has 0 bridgehead atoms. The van der Waals surface area contributed by atoms with Crippen LogP contribution in [-0.4, -0.2) is 11.7 Å². The van der Waals surface area contributed by atoms with Gasteiger partial charge in [-0.05, 0) is 49.9 Å². The number of para-hydroxylation sites is 1. The molecule has 0 spiro atoms. The summed E-state index contributed by atoms with van der Waals surface area (Å²) in [5, 5.41) is 10.3. The second-order valence-corrected chi connectivity index (χ2v) is 5.41. The number of hydrogen-bond acceptors (Lipinski definition) is 2. The van der Waals surface area contributed by atoms with E-state index >= 15 is 0 Å². The van der Waals surface area contributed by atoms with Gasteiger partial charge in [-0.3, -0.25) is 0 Å². The molecule has 2 aromatic carbocycles. The van der Waals surface area contributed by atoms with Crippen LogP contribution in [0.1, 0.15) is 33.9 Å². The highest BCUT2D eigenvalue weighted by molar-refractivity contribution is 5.40. The lowest BCUT2D eigenvalue weighted by Gasteiger charge is -2.17. The van der Waals surface area contributed by atoms with E-state index in [1.165, 1.54) is 0 Å². The van der Waals surface area contributed by atoms with E-state index in [0.717, 1.165) is 33.6 Å². The summed E-state index contributed by atoms with van der Waals surface area (Å²) in [5.41, 5.74) is 5.37. The molecule has 0 radical (unpaired) electrons. The van der Waals surface area contributed by atoms with Crippen molar-refractivity contribution in [1.29, 1.82) is 0 Å². The van der Waals surface area contributed by atoms with Crippen LogP contribution < -0.4 is 4.74 Å². The van der Waals surface area contributed by atoms with E-state index in [9.17, 15) is 5.11 Å². The summed E-state index contributed by atoms with van der Waals surface area (Å²) in [6.45, 7) is 8.36. The number of ether oxygens (including phenoxy) is 1. The Morgan fingerprint density at radius 1 is 0.950 bits per heavy atom. The maximum Gasteiger partial charge on any atom is 0.125 e. The van der Waals surface area contributed by atoms with Gasteiger partial charge in [0.1, 0.15) is 18.5 Å². The Balaban J connectivity index is 2.13. The Morgan fingerprint density at radius 2 is 1.60 bits per heavy atom. The van der Waals surface area contributed by atoms with Gasteiger partial charge in [-0.2, -0.15) is 0 Å². The van der Waals surface area contributed by atoms with Crippen LogP contribution in [-0.2, 0) is 0 Å². The monoisotopic (exact) mass is 270 g/mol. The largest absolute Gasteiger partial charge is 0.490 e. The zero-order chi connectivity index (χ0) is 14.7. The lowest BCUT2D eigenvalue weighted by molar-refractivity contribution is 0.107. The van der Waals surface area contributed by atoms with E-state index in [2.05, 4.69) is 6.07 Å². The molecular formula is C18H22O2. The van der Waals surface area contributed by atoms with Crippen molar-refractivity contribution in [2.75, 3.05) is 6.61 Å². The molecule has 20 heavy (non-hydrogen) atoms. The van der Waals surface area contributed by atoms with Crippen LogP contribution in [0.5, 0.6) is 5.75 Å². The zero-order valence-electron chi connectivity index (χ0n) is 12.6. The highest BCUT2D eigenvalue weighted by Gasteiger charge is 2.13. The Labute approximate surface area is 121 Å². The standard InChI is InChI=1S/C18H22O2/c1-12-8-9-13(2)16(10-12)17(19)11-20-18-14(3)6-5-7-15(18)4/h5-10,17,19H,11H2,1-4H3. The first kappa shape index (κ1) is 14.6. The molecule has 0 saturated carbocycles. The summed E-state index contributed by atoms with van der Waals surface area (Å²) >= 11 is 0. The molecule has 1 atom stereocenters. The molecule has 2 aromatic rings. The molecule has 2 rings (SSSR count). The van der Waals surface area contributed by atoms with E-state index in [0.29, 0.717) is 0 Å². The Kier molecular flexibility index (Phi) is 4.46. The average molecular weight is 270 g/mol. The fourth-order valence-corrected chi connectivity index (χ4v) is 2.40.